The van der Waals surface area contributed by atoms with Crippen molar-refractivity contribution in [2.24, 2.45) is 0 Å². The lowest BCUT2D eigenvalue weighted by atomic mass is 10.1. The number of rotatable bonds is 2. The average Bonchev–Trinajstić information content (AvgIpc) is 2.54. The number of pyridine rings is 1. The van der Waals surface area contributed by atoms with Crippen molar-refractivity contribution in [2.45, 2.75) is 0 Å². The average molecular weight is 274 g/mol. The predicted molar refractivity (Wildman–Crippen MR) is 85.4 cm³/mol. The molecule has 2 N–H and O–H groups in total. The van der Waals surface area contributed by atoms with Gasteiger partial charge in [0.05, 0.1) is 28.5 Å². The second-order valence-corrected chi connectivity index (χ2v) is 4.79. The molecular formula is C17H14N4. The van der Waals surface area contributed by atoms with E-state index in [4.69, 9.17) is 11.0 Å². The van der Waals surface area contributed by atoms with Gasteiger partial charge in [0, 0.05) is 24.3 Å². The van der Waals surface area contributed by atoms with E-state index in [1.54, 1.807) is 6.20 Å². The van der Waals surface area contributed by atoms with Crippen LogP contribution < -0.4 is 10.6 Å². The van der Waals surface area contributed by atoms with E-state index in [0.29, 0.717) is 11.3 Å². The first kappa shape index (κ1) is 12.9. The Morgan fingerprint density at radius 3 is 2.57 bits per heavy atom. The van der Waals surface area contributed by atoms with E-state index >= 15 is 0 Å². The summed E-state index contributed by atoms with van der Waals surface area (Å²) in [6, 6.07) is 17.3. The molecule has 0 atom stereocenters. The van der Waals surface area contributed by atoms with Crippen LogP contribution in [0.15, 0.2) is 54.7 Å². The third-order valence-electron chi connectivity index (χ3n) is 3.52. The van der Waals surface area contributed by atoms with Gasteiger partial charge < -0.3 is 10.6 Å². The molecule has 21 heavy (non-hydrogen) atoms. The molecule has 3 rings (SSSR count). The minimum Gasteiger partial charge on any atom is -0.397 e. The molecule has 0 saturated carbocycles. The lowest BCUT2D eigenvalue weighted by molar-refractivity contribution is 1.21. The van der Waals surface area contributed by atoms with E-state index in [0.717, 1.165) is 22.3 Å². The first-order valence-corrected chi connectivity index (χ1v) is 6.58. The molecule has 0 aliphatic heterocycles. The Labute approximate surface area is 123 Å². The van der Waals surface area contributed by atoms with Crippen LogP contribution in [0.2, 0.25) is 0 Å². The predicted octanol–water partition coefficient (Wildman–Crippen LogP) is 3.46. The monoisotopic (exact) mass is 274 g/mol. The van der Waals surface area contributed by atoms with Crippen LogP contribution in [0.5, 0.6) is 0 Å². The van der Waals surface area contributed by atoms with E-state index < -0.39 is 0 Å². The maximum absolute atomic E-state index is 8.87. The molecule has 0 unspecified atom stereocenters. The summed E-state index contributed by atoms with van der Waals surface area (Å²) in [5, 5.41) is 9.87. The topological polar surface area (TPSA) is 65.9 Å². The molecule has 1 aromatic heterocycles. The molecule has 0 fully saturated rings. The van der Waals surface area contributed by atoms with Gasteiger partial charge >= 0.3 is 0 Å². The molecule has 0 saturated heterocycles. The molecular weight excluding hydrogens is 260 g/mol. The highest BCUT2D eigenvalue weighted by Crippen LogP contribution is 2.31. The first-order chi connectivity index (χ1) is 10.2. The Kier molecular flexibility index (Phi) is 3.17. The van der Waals surface area contributed by atoms with E-state index in [2.05, 4.69) is 16.0 Å². The summed E-state index contributed by atoms with van der Waals surface area (Å²) < 4.78 is 0. The lowest BCUT2D eigenvalue weighted by Crippen LogP contribution is -2.10. The second-order valence-electron chi connectivity index (χ2n) is 4.79. The Morgan fingerprint density at radius 2 is 1.86 bits per heavy atom. The highest BCUT2D eigenvalue weighted by atomic mass is 15.1. The van der Waals surface area contributed by atoms with Crippen molar-refractivity contribution in [3.05, 3.63) is 60.3 Å². The standard InChI is InChI=1S/C17H14N4/c1-21(13-7-5-12(11-18)6-8-13)16-9-10-20-17-14(16)3-2-4-15(17)19/h2-10H,19H2,1H3. The van der Waals surface area contributed by atoms with Gasteiger partial charge in [-0.15, -0.1) is 0 Å². The van der Waals surface area contributed by atoms with Crippen LogP contribution in [-0.4, -0.2) is 12.0 Å². The number of para-hydroxylation sites is 1. The fourth-order valence-electron chi connectivity index (χ4n) is 2.38. The number of nitrogen functional groups attached to an aromatic ring is 1. The number of benzene rings is 2. The Morgan fingerprint density at radius 1 is 1.10 bits per heavy atom. The normalized spacial score (nSPS) is 10.3. The largest absolute Gasteiger partial charge is 0.397 e. The zero-order valence-electron chi connectivity index (χ0n) is 11.6. The van der Waals surface area contributed by atoms with Gasteiger partial charge in [-0.1, -0.05) is 12.1 Å². The number of hydrogen-bond acceptors (Lipinski definition) is 4. The molecule has 0 radical (unpaired) electrons. The molecule has 0 spiro atoms. The SMILES string of the molecule is CN(c1ccc(C#N)cc1)c1ccnc2c(N)cccc12. The zero-order chi connectivity index (χ0) is 14.8. The van der Waals surface area contributed by atoms with Crippen LogP contribution in [0.25, 0.3) is 10.9 Å². The van der Waals surface area contributed by atoms with Crippen LogP contribution in [-0.2, 0) is 0 Å². The van der Waals surface area contributed by atoms with Crippen LogP contribution in [0.4, 0.5) is 17.1 Å². The number of nitrogens with two attached hydrogens (primary N) is 1. The minimum atomic E-state index is 0.649. The number of anilines is 3. The zero-order valence-corrected chi connectivity index (χ0v) is 11.6. The van der Waals surface area contributed by atoms with Crippen molar-refractivity contribution in [3.8, 4) is 6.07 Å². The Bertz CT molecular complexity index is 832. The second kappa shape index (κ2) is 5.14. The fraction of sp³-hybridized carbons (Fsp3) is 0.0588. The van der Waals surface area contributed by atoms with Gasteiger partial charge in [-0.05, 0) is 36.4 Å². The van der Waals surface area contributed by atoms with Crippen LogP contribution >= 0.6 is 0 Å². The molecule has 4 heteroatoms. The number of hydrogen-bond donors (Lipinski definition) is 1. The number of nitrogens with zero attached hydrogens (tertiary/aromatic N) is 3. The molecule has 0 bridgehead atoms. The van der Waals surface area contributed by atoms with Crippen molar-refractivity contribution < 1.29 is 0 Å². The van der Waals surface area contributed by atoms with Gasteiger partial charge in [0.25, 0.3) is 0 Å². The van der Waals surface area contributed by atoms with Crippen molar-refractivity contribution in [3.63, 3.8) is 0 Å². The van der Waals surface area contributed by atoms with Crippen molar-refractivity contribution in [1.82, 2.24) is 4.98 Å². The summed E-state index contributed by atoms with van der Waals surface area (Å²) in [6.45, 7) is 0. The third-order valence-corrected chi connectivity index (χ3v) is 3.52. The van der Waals surface area contributed by atoms with E-state index in [1.165, 1.54) is 0 Å². The van der Waals surface area contributed by atoms with Gasteiger partial charge in [0.2, 0.25) is 0 Å². The molecule has 4 nitrogen and oxygen atoms in total. The number of aromatic nitrogens is 1. The van der Waals surface area contributed by atoms with E-state index in [9.17, 15) is 0 Å². The molecule has 0 aliphatic carbocycles. The Hall–Kier alpha value is -3.06. The number of nitriles is 1. The van der Waals surface area contributed by atoms with E-state index in [1.807, 2.05) is 55.6 Å². The molecule has 3 aromatic rings. The molecule has 1 heterocycles. The van der Waals surface area contributed by atoms with Crippen molar-refractivity contribution >= 4 is 28.0 Å². The summed E-state index contributed by atoms with van der Waals surface area (Å²) in [4.78, 5) is 6.41. The molecule has 2 aromatic carbocycles. The maximum atomic E-state index is 8.87. The van der Waals surface area contributed by atoms with Crippen LogP contribution in [0.1, 0.15) is 5.56 Å². The summed E-state index contributed by atoms with van der Waals surface area (Å²) in [7, 11) is 1.99. The quantitative estimate of drug-likeness (QED) is 0.727. The number of fused-ring (bicyclic) bond motifs is 1. The lowest BCUT2D eigenvalue weighted by Gasteiger charge is -2.21. The fourth-order valence-corrected chi connectivity index (χ4v) is 2.38. The van der Waals surface area contributed by atoms with Crippen molar-refractivity contribution in [1.29, 1.82) is 5.26 Å². The minimum absolute atomic E-state index is 0.649. The molecule has 0 amide bonds. The van der Waals surface area contributed by atoms with Crippen molar-refractivity contribution in [2.75, 3.05) is 17.7 Å². The summed E-state index contributed by atoms with van der Waals surface area (Å²) in [5.74, 6) is 0. The molecule has 102 valence electrons. The van der Waals surface area contributed by atoms with Gasteiger partial charge in [-0.3, -0.25) is 4.98 Å². The van der Waals surface area contributed by atoms with Gasteiger partial charge in [-0.2, -0.15) is 5.26 Å². The maximum Gasteiger partial charge on any atom is 0.0991 e. The molecule has 0 aliphatic rings. The van der Waals surface area contributed by atoms with Crippen LogP contribution in [0.3, 0.4) is 0 Å². The summed E-state index contributed by atoms with van der Waals surface area (Å²) in [5.41, 5.74) is 10.1. The Balaban J connectivity index is 2.11. The van der Waals surface area contributed by atoms with Gasteiger partial charge in [-0.25, -0.2) is 0 Å². The van der Waals surface area contributed by atoms with Crippen LogP contribution in [0, 0.1) is 11.3 Å². The first-order valence-electron chi connectivity index (χ1n) is 6.58. The summed E-state index contributed by atoms with van der Waals surface area (Å²) in [6.07, 6.45) is 1.76. The van der Waals surface area contributed by atoms with Gasteiger partial charge in [0.15, 0.2) is 0 Å². The third kappa shape index (κ3) is 2.26. The highest BCUT2D eigenvalue weighted by Gasteiger charge is 2.10. The van der Waals surface area contributed by atoms with E-state index in [-0.39, 0.29) is 0 Å². The highest BCUT2D eigenvalue weighted by molar-refractivity contribution is 5.99. The summed E-state index contributed by atoms with van der Waals surface area (Å²) >= 11 is 0. The smallest absolute Gasteiger partial charge is 0.0991 e. The van der Waals surface area contributed by atoms with Gasteiger partial charge in [0.1, 0.15) is 0 Å².